The first kappa shape index (κ1) is 16.8. The van der Waals surface area contributed by atoms with Gasteiger partial charge in [-0.2, -0.15) is 5.10 Å². The van der Waals surface area contributed by atoms with E-state index in [4.69, 9.17) is 0 Å². The van der Waals surface area contributed by atoms with E-state index < -0.39 is 0 Å². The summed E-state index contributed by atoms with van der Waals surface area (Å²) in [7, 11) is 1.74. The Morgan fingerprint density at radius 1 is 1.14 bits per heavy atom. The maximum absolute atomic E-state index is 12.9. The van der Waals surface area contributed by atoms with Crippen molar-refractivity contribution >= 4 is 28.1 Å². The fourth-order valence-electron chi connectivity index (χ4n) is 3.25. The molecular formula is C19H14N8O2. The molecule has 142 valence electrons. The molecule has 10 heteroatoms. The molecule has 0 aliphatic rings. The third kappa shape index (κ3) is 2.74. The number of tetrazole rings is 1. The van der Waals surface area contributed by atoms with E-state index in [0.29, 0.717) is 28.1 Å². The van der Waals surface area contributed by atoms with Gasteiger partial charge in [0.25, 0.3) is 11.5 Å². The van der Waals surface area contributed by atoms with Crippen LogP contribution in [0.4, 0.5) is 5.69 Å². The Morgan fingerprint density at radius 2 is 2.00 bits per heavy atom. The number of H-pyrrole nitrogens is 1. The van der Waals surface area contributed by atoms with E-state index in [1.54, 1.807) is 52.6 Å². The number of para-hydroxylation sites is 1. The van der Waals surface area contributed by atoms with Crippen LogP contribution in [0.25, 0.3) is 27.9 Å². The molecule has 0 spiro atoms. The van der Waals surface area contributed by atoms with Gasteiger partial charge in [-0.25, -0.2) is 9.20 Å². The highest BCUT2D eigenvalue weighted by molar-refractivity contribution is 6.08. The van der Waals surface area contributed by atoms with Crippen molar-refractivity contribution in [1.29, 1.82) is 0 Å². The van der Waals surface area contributed by atoms with E-state index in [0.717, 1.165) is 5.56 Å². The van der Waals surface area contributed by atoms with E-state index in [-0.39, 0.29) is 17.0 Å². The van der Waals surface area contributed by atoms with Crippen LogP contribution in [0, 0.1) is 0 Å². The topological polar surface area (TPSA) is 123 Å². The molecule has 0 aliphatic carbocycles. The number of benzene rings is 2. The summed E-state index contributed by atoms with van der Waals surface area (Å²) in [5, 5.41) is 19.0. The second-order valence-corrected chi connectivity index (χ2v) is 6.45. The summed E-state index contributed by atoms with van der Waals surface area (Å²) >= 11 is 0. The summed E-state index contributed by atoms with van der Waals surface area (Å²) in [5.74, 6) is 0.187. The molecule has 0 bridgehead atoms. The van der Waals surface area contributed by atoms with Crippen LogP contribution in [0.3, 0.4) is 0 Å². The minimum atomic E-state index is -0.390. The fraction of sp³-hybridized carbons (Fsp3) is 0.0526. The summed E-state index contributed by atoms with van der Waals surface area (Å²) in [4.78, 5) is 28.0. The highest BCUT2D eigenvalue weighted by atomic mass is 16.2. The number of aromatic amines is 1. The Kier molecular flexibility index (Phi) is 3.69. The summed E-state index contributed by atoms with van der Waals surface area (Å²) in [6.45, 7) is 0. The molecule has 0 atom stereocenters. The van der Waals surface area contributed by atoms with Crippen molar-refractivity contribution in [2.24, 2.45) is 7.05 Å². The highest BCUT2D eigenvalue weighted by Gasteiger charge is 2.17. The van der Waals surface area contributed by atoms with Crippen LogP contribution in [-0.2, 0) is 7.05 Å². The molecule has 2 N–H and O–H groups in total. The van der Waals surface area contributed by atoms with Gasteiger partial charge in [0.2, 0.25) is 0 Å². The number of nitrogens with zero attached hydrogens (tertiary/aromatic N) is 6. The Labute approximate surface area is 162 Å². The number of hydrogen-bond acceptors (Lipinski definition) is 6. The summed E-state index contributed by atoms with van der Waals surface area (Å²) in [6.07, 6.45) is 1.43. The second-order valence-electron chi connectivity index (χ2n) is 6.45. The Hall–Kier alpha value is -4.34. The summed E-state index contributed by atoms with van der Waals surface area (Å²) < 4.78 is 3.09. The molecule has 0 saturated carbocycles. The average Bonchev–Trinajstić information content (AvgIpc) is 3.35. The minimum Gasteiger partial charge on any atom is -0.322 e. The zero-order valence-corrected chi connectivity index (χ0v) is 15.2. The van der Waals surface area contributed by atoms with Crippen molar-refractivity contribution in [2.45, 2.75) is 0 Å². The minimum absolute atomic E-state index is 0.263. The molecule has 0 aliphatic heterocycles. The smallest absolute Gasteiger partial charge is 0.261 e. The van der Waals surface area contributed by atoms with Crippen LogP contribution >= 0.6 is 0 Å². The van der Waals surface area contributed by atoms with Gasteiger partial charge in [0.15, 0.2) is 5.82 Å². The molecule has 3 heterocycles. The number of aryl methyl sites for hydroxylation is 1. The molecule has 10 nitrogen and oxygen atoms in total. The van der Waals surface area contributed by atoms with Crippen LogP contribution in [0.2, 0.25) is 0 Å². The molecule has 29 heavy (non-hydrogen) atoms. The lowest BCUT2D eigenvalue weighted by molar-refractivity contribution is 0.102. The van der Waals surface area contributed by atoms with Crippen LogP contribution < -0.4 is 10.9 Å². The number of nitrogens with one attached hydrogen (secondary N) is 2. The van der Waals surface area contributed by atoms with E-state index in [9.17, 15) is 9.59 Å². The van der Waals surface area contributed by atoms with Crippen LogP contribution in [0.1, 0.15) is 10.4 Å². The second kappa shape index (κ2) is 6.37. The maximum atomic E-state index is 12.9. The third-order valence-corrected chi connectivity index (χ3v) is 4.62. The van der Waals surface area contributed by atoms with Gasteiger partial charge in [0.1, 0.15) is 11.2 Å². The number of aromatic nitrogens is 7. The van der Waals surface area contributed by atoms with Crippen LogP contribution in [0.5, 0.6) is 0 Å². The number of hydrogen-bond donors (Lipinski definition) is 2. The molecule has 1 amide bonds. The molecule has 0 fully saturated rings. The van der Waals surface area contributed by atoms with Crippen LogP contribution in [-0.4, -0.2) is 40.7 Å². The van der Waals surface area contributed by atoms with Crippen molar-refractivity contribution in [3.05, 3.63) is 70.6 Å². The zero-order chi connectivity index (χ0) is 20.0. The zero-order valence-electron chi connectivity index (χ0n) is 15.2. The molecule has 0 radical (unpaired) electrons. The predicted octanol–water partition coefficient (Wildman–Crippen LogP) is 1.62. The lowest BCUT2D eigenvalue weighted by Gasteiger charge is -2.07. The number of fused-ring (bicyclic) bond motifs is 3. The van der Waals surface area contributed by atoms with Gasteiger partial charge in [-0.05, 0) is 34.7 Å². The molecule has 3 aromatic heterocycles. The van der Waals surface area contributed by atoms with Crippen molar-refractivity contribution < 1.29 is 4.79 Å². The molecule has 0 saturated heterocycles. The maximum Gasteiger partial charge on any atom is 0.261 e. The monoisotopic (exact) mass is 386 g/mol. The van der Waals surface area contributed by atoms with E-state index >= 15 is 0 Å². The highest BCUT2D eigenvalue weighted by Crippen LogP contribution is 2.21. The summed E-state index contributed by atoms with van der Waals surface area (Å²) in [5.41, 5.74) is 2.27. The Bertz CT molecular complexity index is 1450. The molecular weight excluding hydrogens is 372 g/mol. The quantitative estimate of drug-likeness (QED) is 0.486. The van der Waals surface area contributed by atoms with Crippen molar-refractivity contribution in [2.75, 3.05) is 5.32 Å². The lowest BCUT2D eigenvalue weighted by atomic mass is 10.2. The molecule has 2 aromatic carbocycles. The van der Waals surface area contributed by atoms with Gasteiger partial charge in [0, 0.05) is 18.3 Å². The Balaban J connectivity index is 1.53. The number of rotatable bonds is 3. The Morgan fingerprint density at radius 3 is 2.83 bits per heavy atom. The van der Waals surface area contributed by atoms with Crippen molar-refractivity contribution in [3.8, 4) is 11.4 Å². The molecule has 0 unspecified atom stereocenters. The average molecular weight is 386 g/mol. The number of carbonyl (C=O) groups excluding carboxylic acids is 1. The van der Waals surface area contributed by atoms with Gasteiger partial charge in [-0.3, -0.25) is 9.59 Å². The standard InChI is InChI=1S/C19H14N8O2/c1-26-16(23-24-25-26)11-5-4-6-12(9-11)21-19(29)14-10-20-27-15-8-3-2-7-13(15)18(28)22-17(14)27/h2-10H,1H3,(H,21,29)(H,22,28). The van der Waals surface area contributed by atoms with Crippen molar-refractivity contribution in [1.82, 2.24) is 34.8 Å². The third-order valence-electron chi connectivity index (χ3n) is 4.62. The van der Waals surface area contributed by atoms with Gasteiger partial charge < -0.3 is 10.3 Å². The summed E-state index contributed by atoms with van der Waals surface area (Å²) in [6, 6.07) is 14.3. The first-order valence-corrected chi connectivity index (χ1v) is 8.75. The van der Waals surface area contributed by atoms with E-state index in [1.165, 1.54) is 6.20 Å². The number of anilines is 1. The molecule has 5 aromatic rings. The number of amides is 1. The first-order chi connectivity index (χ1) is 14.1. The SMILES string of the molecule is Cn1nnnc1-c1cccc(NC(=O)c2cnn3c2[nH]c(=O)c2ccccc23)c1. The lowest BCUT2D eigenvalue weighted by Crippen LogP contribution is -2.15. The molecule has 5 rings (SSSR count). The van der Waals surface area contributed by atoms with Gasteiger partial charge in [-0.15, -0.1) is 5.10 Å². The largest absolute Gasteiger partial charge is 0.322 e. The number of carbonyl (C=O) groups is 1. The van der Waals surface area contributed by atoms with Gasteiger partial charge in [0.05, 0.1) is 17.1 Å². The van der Waals surface area contributed by atoms with E-state index in [2.05, 4.69) is 30.9 Å². The normalized spacial score (nSPS) is 11.2. The van der Waals surface area contributed by atoms with Crippen LogP contribution in [0.15, 0.2) is 59.5 Å². The first-order valence-electron chi connectivity index (χ1n) is 8.75. The fourth-order valence-corrected chi connectivity index (χ4v) is 3.25. The predicted molar refractivity (Wildman–Crippen MR) is 106 cm³/mol. The van der Waals surface area contributed by atoms with Crippen molar-refractivity contribution in [3.63, 3.8) is 0 Å². The van der Waals surface area contributed by atoms with Gasteiger partial charge >= 0.3 is 0 Å². The van der Waals surface area contributed by atoms with Gasteiger partial charge in [-0.1, -0.05) is 24.3 Å². The van der Waals surface area contributed by atoms with E-state index in [1.807, 2.05) is 12.1 Å².